The first-order valence-corrected chi connectivity index (χ1v) is 8.13. The molecule has 25 heavy (non-hydrogen) atoms. The van der Waals surface area contributed by atoms with Crippen molar-refractivity contribution in [1.82, 2.24) is 0 Å². The molecule has 3 rings (SSSR count). The van der Waals surface area contributed by atoms with Crippen molar-refractivity contribution in [3.05, 3.63) is 42.0 Å². The molecular formula is C19H22N2O4. The maximum Gasteiger partial charge on any atom is 0.326 e. The lowest BCUT2D eigenvalue weighted by atomic mass is 10.0. The van der Waals surface area contributed by atoms with Crippen molar-refractivity contribution in [3.63, 3.8) is 0 Å². The van der Waals surface area contributed by atoms with Crippen LogP contribution >= 0.6 is 0 Å². The number of ether oxygens (including phenoxy) is 3. The summed E-state index contributed by atoms with van der Waals surface area (Å²) in [6.07, 6.45) is 1.85. The Morgan fingerprint density at radius 3 is 2.52 bits per heavy atom. The van der Waals surface area contributed by atoms with Crippen LogP contribution in [-0.4, -0.2) is 33.9 Å². The molecule has 0 radical (unpaired) electrons. The Hall–Kier alpha value is -2.89. The zero-order chi connectivity index (χ0) is 17.8. The van der Waals surface area contributed by atoms with Gasteiger partial charge in [-0.1, -0.05) is 0 Å². The number of carbonyl (C=O) groups is 1. The van der Waals surface area contributed by atoms with Crippen LogP contribution in [0.4, 0.5) is 16.2 Å². The van der Waals surface area contributed by atoms with E-state index in [1.165, 1.54) is 0 Å². The molecule has 2 aromatic rings. The average Bonchev–Trinajstić information content (AvgIpc) is 2.66. The van der Waals surface area contributed by atoms with Crippen molar-refractivity contribution in [3.8, 4) is 17.2 Å². The number of rotatable bonds is 4. The minimum absolute atomic E-state index is 0.168. The summed E-state index contributed by atoms with van der Waals surface area (Å²) in [5.41, 5.74) is 2.70. The molecule has 0 saturated heterocycles. The van der Waals surface area contributed by atoms with Crippen LogP contribution in [0.3, 0.4) is 0 Å². The van der Waals surface area contributed by atoms with E-state index in [1.54, 1.807) is 44.4 Å². The number of hydrogen-bond donors (Lipinski definition) is 1. The van der Waals surface area contributed by atoms with Crippen LogP contribution in [0.2, 0.25) is 0 Å². The van der Waals surface area contributed by atoms with Crippen molar-refractivity contribution in [2.24, 2.45) is 0 Å². The van der Waals surface area contributed by atoms with Gasteiger partial charge in [0, 0.05) is 24.0 Å². The molecule has 0 saturated carbocycles. The van der Waals surface area contributed by atoms with Gasteiger partial charge in [-0.05, 0) is 48.7 Å². The fourth-order valence-electron chi connectivity index (χ4n) is 3.02. The molecule has 0 fully saturated rings. The van der Waals surface area contributed by atoms with Gasteiger partial charge in [0.25, 0.3) is 0 Å². The Morgan fingerprint density at radius 2 is 1.80 bits per heavy atom. The molecule has 0 bridgehead atoms. The van der Waals surface area contributed by atoms with Gasteiger partial charge in [0.2, 0.25) is 0 Å². The predicted octanol–water partition coefficient (Wildman–Crippen LogP) is 3.70. The first-order chi connectivity index (χ1) is 12.2. The van der Waals surface area contributed by atoms with E-state index in [4.69, 9.17) is 14.2 Å². The van der Waals surface area contributed by atoms with Crippen LogP contribution in [0.1, 0.15) is 12.0 Å². The molecule has 132 valence electrons. The smallest absolute Gasteiger partial charge is 0.326 e. The summed E-state index contributed by atoms with van der Waals surface area (Å²) in [6, 6.07) is 10.9. The molecule has 0 aliphatic carbocycles. The van der Waals surface area contributed by atoms with Crippen molar-refractivity contribution in [2.75, 3.05) is 38.1 Å². The molecule has 6 nitrogen and oxygen atoms in total. The second-order valence-electron chi connectivity index (χ2n) is 5.75. The molecule has 0 spiro atoms. The van der Waals surface area contributed by atoms with Gasteiger partial charge in [-0.3, -0.25) is 4.90 Å². The minimum Gasteiger partial charge on any atom is -0.497 e. The largest absolute Gasteiger partial charge is 0.497 e. The van der Waals surface area contributed by atoms with Gasteiger partial charge in [-0.2, -0.15) is 0 Å². The highest BCUT2D eigenvalue weighted by Crippen LogP contribution is 2.32. The van der Waals surface area contributed by atoms with Crippen molar-refractivity contribution in [1.29, 1.82) is 0 Å². The van der Waals surface area contributed by atoms with Crippen LogP contribution in [0.15, 0.2) is 36.4 Å². The summed E-state index contributed by atoms with van der Waals surface area (Å²) in [7, 11) is 4.79. The molecule has 0 atom stereocenters. The Morgan fingerprint density at radius 1 is 1.00 bits per heavy atom. The first-order valence-electron chi connectivity index (χ1n) is 8.13. The van der Waals surface area contributed by atoms with Gasteiger partial charge >= 0.3 is 6.03 Å². The number of nitrogens with zero attached hydrogens (tertiary/aromatic N) is 1. The van der Waals surface area contributed by atoms with Crippen LogP contribution < -0.4 is 24.4 Å². The van der Waals surface area contributed by atoms with Crippen LogP contribution in [0.25, 0.3) is 0 Å². The summed E-state index contributed by atoms with van der Waals surface area (Å²) < 4.78 is 15.8. The normalized spacial score (nSPS) is 13.0. The van der Waals surface area contributed by atoms with E-state index < -0.39 is 0 Å². The van der Waals surface area contributed by atoms with E-state index in [2.05, 4.69) is 5.32 Å². The van der Waals surface area contributed by atoms with E-state index in [1.807, 2.05) is 18.2 Å². The predicted molar refractivity (Wildman–Crippen MR) is 97.2 cm³/mol. The zero-order valence-corrected chi connectivity index (χ0v) is 14.7. The number of urea groups is 1. The lowest BCUT2D eigenvalue weighted by Crippen LogP contribution is -2.38. The quantitative estimate of drug-likeness (QED) is 0.920. The Bertz CT molecular complexity index is 776. The highest BCUT2D eigenvalue weighted by atomic mass is 16.5. The van der Waals surface area contributed by atoms with Gasteiger partial charge < -0.3 is 19.5 Å². The molecule has 6 heteroatoms. The van der Waals surface area contributed by atoms with Gasteiger partial charge in [0.15, 0.2) is 11.5 Å². The SMILES string of the molecule is COc1ccc2c(c1)CCCN2C(=O)Nc1ccc(OC)c(OC)c1. The summed E-state index contributed by atoms with van der Waals surface area (Å²) in [5, 5.41) is 2.93. The molecule has 0 aromatic heterocycles. The standard InChI is InChI=1S/C19H22N2O4/c1-23-15-7-8-16-13(11-15)5-4-10-21(16)19(22)20-14-6-9-17(24-2)18(12-14)25-3/h6-9,11-12H,4-5,10H2,1-3H3,(H,20,22). The number of fused-ring (bicyclic) bond motifs is 1. The van der Waals surface area contributed by atoms with E-state index in [9.17, 15) is 4.79 Å². The number of anilines is 2. The topological polar surface area (TPSA) is 60.0 Å². The van der Waals surface area contributed by atoms with Gasteiger partial charge in [-0.25, -0.2) is 4.79 Å². The van der Waals surface area contributed by atoms with Crippen molar-refractivity contribution >= 4 is 17.4 Å². The van der Waals surface area contributed by atoms with Crippen LogP contribution in [0, 0.1) is 0 Å². The monoisotopic (exact) mass is 342 g/mol. The Balaban J connectivity index is 1.81. The maximum atomic E-state index is 12.8. The second-order valence-corrected chi connectivity index (χ2v) is 5.75. The minimum atomic E-state index is -0.168. The van der Waals surface area contributed by atoms with E-state index in [0.717, 1.165) is 29.8 Å². The van der Waals surface area contributed by atoms with Crippen LogP contribution in [-0.2, 0) is 6.42 Å². The molecule has 1 heterocycles. The lowest BCUT2D eigenvalue weighted by molar-refractivity contribution is 0.256. The summed E-state index contributed by atoms with van der Waals surface area (Å²) in [4.78, 5) is 14.5. The fraction of sp³-hybridized carbons (Fsp3) is 0.316. The summed E-state index contributed by atoms with van der Waals surface area (Å²) in [5.74, 6) is 2.00. The summed E-state index contributed by atoms with van der Waals surface area (Å²) in [6.45, 7) is 0.679. The van der Waals surface area contributed by atoms with Crippen molar-refractivity contribution in [2.45, 2.75) is 12.8 Å². The second kappa shape index (κ2) is 7.34. The van der Waals surface area contributed by atoms with E-state index >= 15 is 0 Å². The number of hydrogen-bond acceptors (Lipinski definition) is 4. The Kier molecular flexibility index (Phi) is 4.97. The number of aryl methyl sites for hydroxylation is 1. The Labute approximate surface area is 147 Å². The third kappa shape index (κ3) is 3.47. The molecule has 1 aliphatic rings. The number of amides is 2. The van der Waals surface area contributed by atoms with Gasteiger partial charge in [-0.15, -0.1) is 0 Å². The third-order valence-corrected chi connectivity index (χ3v) is 4.29. The number of benzene rings is 2. The third-order valence-electron chi connectivity index (χ3n) is 4.29. The maximum absolute atomic E-state index is 12.8. The molecule has 1 aliphatic heterocycles. The number of carbonyl (C=O) groups excluding carboxylic acids is 1. The van der Waals surface area contributed by atoms with Crippen LogP contribution in [0.5, 0.6) is 17.2 Å². The van der Waals surface area contributed by atoms with E-state index in [0.29, 0.717) is 23.7 Å². The molecule has 2 aromatic carbocycles. The van der Waals surface area contributed by atoms with Crippen molar-refractivity contribution < 1.29 is 19.0 Å². The number of nitrogens with one attached hydrogen (secondary N) is 1. The van der Waals surface area contributed by atoms with Gasteiger partial charge in [0.05, 0.1) is 21.3 Å². The average molecular weight is 342 g/mol. The number of methoxy groups -OCH3 is 3. The highest BCUT2D eigenvalue weighted by molar-refractivity contribution is 6.02. The highest BCUT2D eigenvalue weighted by Gasteiger charge is 2.23. The van der Waals surface area contributed by atoms with Gasteiger partial charge in [0.1, 0.15) is 5.75 Å². The van der Waals surface area contributed by atoms with E-state index in [-0.39, 0.29) is 6.03 Å². The summed E-state index contributed by atoms with van der Waals surface area (Å²) >= 11 is 0. The zero-order valence-electron chi connectivity index (χ0n) is 14.7. The molecule has 0 unspecified atom stereocenters. The molecule has 2 amide bonds. The molecular weight excluding hydrogens is 320 g/mol. The first kappa shape index (κ1) is 17.0. The lowest BCUT2D eigenvalue weighted by Gasteiger charge is -2.30. The molecule has 1 N–H and O–H groups in total. The fourth-order valence-corrected chi connectivity index (χ4v) is 3.02.